The SMILES string of the molecule is C=CCOCCNC1CCCC(C(C)C)CC1. The predicted molar refractivity (Wildman–Crippen MR) is 74.2 cm³/mol. The molecule has 100 valence electrons. The van der Waals surface area contributed by atoms with E-state index in [1.54, 1.807) is 6.08 Å². The number of hydrogen-bond donors (Lipinski definition) is 1. The maximum atomic E-state index is 5.38. The molecule has 0 aromatic heterocycles. The molecule has 0 spiro atoms. The van der Waals surface area contributed by atoms with E-state index < -0.39 is 0 Å². The van der Waals surface area contributed by atoms with Crippen molar-refractivity contribution >= 4 is 0 Å². The van der Waals surface area contributed by atoms with Crippen LogP contribution >= 0.6 is 0 Å². The van der Waals surface area contributed by atoms with Crippen molar-refractivity contribution in [2.24, 2.45) is 11.8 Å². The zero-order valence-electron chi connectivity index (χ0n) is 11.6. The first kappa shape index (κ1) is 14.7. The highest BCUT2D eigenvalue weighted by Gasteiger charge is 2.20. The molecule has 0 aromatic carbocycles. The monoisotopic (exact) mass is 239 g/mol. The molecule has 1 rings (SSSR count). The predicted octanol–water partition coefficient (Wildman–Crippen LogP) is 3.38. The summed E-state index contributed by atoms with van der Waals surface area (Å²) >= 11 is 0. The van der Waals surface area contributed by atoms with Crippen LogP contribution in [0, 0.1) is 11.8 Å². The highest BCUT2D eigenvalue weighted by molar-refractivity contribution is 4.76. The lowest BCUT2D eigenvalue weighted by Gasteiger charge is -2.19. The van der Waals surface area contributed by atoms with Gasteiger partial charge in [0.2, 0.25) is 0 Å². The zero-order chi connectivity index (χ0) is 12.5. The maximum Gasteiger partial charge on any atom is 0.0645 e. The van der Waals surface area contributed by atoms with Crippen LogP contribution in [0.1, 0.15) is 46.0 Å². The summed E-state index contributed by atoms with van der Waals surface area (Å²) in [6.45, 7) is 10.8. The summed E-state index contributed by atoms with van der Waals surface area (Å²) in [7, 11) is 0. The second-order valence-corrected chi connectivity index (χ2v) is 5.53. The summed E-state index contributed by atoms with van der Waals surface area (Å²) in [6, 6.07) is 0.714. The minimum Gasteiger partial charge on any atom is -0.376 e. The van der Waals surface area contributed by atoms with Gasteiger partial charge in [0.25, 0.3) is 0 Å². The van der Waals surface area contributed by atoms with E-state index in [-0.39, 0.29) is 0 Å². The molecule has 0 heterocycles. The fraction of sp³-hybridized carbons (Fsp3) is 0.867. The molecule has 1 N–H and O–H groups in total. The van der Waals surface area contributed by atoms with Crippen molar-refractivity contribution in [1.29, 1.82) is 0 Å². The molecule has 0 aliphatic heterocycles. The van der Waals surface area contributed by atoms with Gasteiger partial charge in [-0.25, -0.2) is 0 Å². The van der Waals surface area contributed by atoms with Crippen LogP contribution < -0.4 is 5.32 Å². The average Bonchev–Trinajstić information content (AvgIpc) is 2.54. The Labute approximate surface area is 107 Å². The van der Waals surface area contributed by atoms with Gasteiger partial charge in [0, 0.05) is 12.6 Å². The minimum atomic E-state index is 0.668. The van der Waals surface area contributed by atoms with Crippen LogP contribution in [0.15, 0.2) is 12.7 Å². The molecule has 2 atom stereocenters. The Bertz CT molecular complexity index is 203. The van der Waals surface area contributed by atoms with Crippen molar-refractivity contribution in [3.63, 3.8) is 0 Å². The Hall–Kier alpha value is -0.340. The van der Waals surface area contributed by atoms with Crippen LogP contribution in [-0.4, -0.2) is 25.8 Å². The summed E-state index contributed by atoms with van der Waals surface area (Å²) in [5.41, 5.74) is 0. The largest absolute Gasteiger partial charge is 0.376 e. The van der Waals surface area contributed by atoms with Gasteiger partial charge in [0.1, 0.15) is 0 Å². The smallest absolute Gasteiger partial charge is 0.0645 e. The molecule has 0 saturated heterocycles. The third kappa shape index (κ3) is 6.23. The number of ether oxygens (including phenoxy) is 1. The Morgan fingerprint density at radius 1 is 1.29 bits per heavy atom. The molecule has 1 fully saturated rings. The van der Waals surface area contributed by atoms with Crippen LogP contribution in [0.4, 0.5) is 0 Å². The van der Waals surface area contributed by atoms with E-state index in [9.17, 15) is 0 Å². The van der Waals surface area contributed by atoms with E-state index >= 15 is 0 Å². The zero-order valence-corrected chi connectivity index (χ0v) is 11.6. The summed E-state index contributed by atoms with van der Waals surface area (Å²) in [6.07, 6.45) is 8.67. The molecular formula is C15H29NO. The van der Waals surface area contributed by atoms with Gasteiger partial charge in [0.05, 0.1) is 13.2 Å². The highest BCUT2D eigenvalue weighted by atomic mass is 16.5. The summed E-state index contributed by atoms with van der Waals surface area (Å²) in [5, 5.41) is 3.62. The maximum absolute atomic E-state index is 5.38. The summed E-state index contributed by atoms with van der Waals surface area (Å²) in [4.78, 5) is 0. The normalized spacial score (nSPS) is 25.8. The van der Waals surface area contributed by atoms with E-state index in [0.717, 1.165) is 25.0 Å². The van der Waals surface area contributed by atoms with Gasteiger partial charge in [-0.1, -0.05) is 32.8 Å². The Morgan fingerprint density at radius 3 is 2.82 bits per heavy atom. The Kier molecular flexibility index (Phi) is 7.54. The molecule has 0 amide bonds. The molecule has 1 aliphatic rings. The van der Waals surface area contributed by atoms with Crippen LogP contribution in [0.25, 0.3) is 0 Å². The lowest BCUT2D eigenvalue weighted by molar-refractivity contribution is 0.160. The lowest BCUT2D eigenvalue weighted by Crippen LogP contribution is -2.31. The van der Waals surface area contributed by atoms with Gasteiger partial charge in [-0.05, 0) is 31.1 Å². The summed E-state index contributed by atoms with van der Waals surface area (Å²) in [5.74, 6) is 1.79. The Morgan fingerprint density at radius 2 is 2.12 bits per heavy atom. The third-order valence-electron chi connectivity index (χ3n) is 3.87. The molecule has 2 heteroatoms. The highest BCUT2D eigenvalue weighted by Crippen LogP contribution is 2.28. The molecule has 0 radical (unpaired) electrons. The van der Waals surface area contributed by atoms with Gasteiger partial charge in [-0.2, -0.15) is 0 Å². The first-order chi connectivity index (χ1) is 8.24. The van der Waals surface area contributed by atoms with Crippen molar-refractivity contribution in [2.75, 3.05) is 19.8 Å². The van der Waals surface area contributed by atoms with Gasteiger partial charge >= 0.3 is 0 Å². The molecule has 1 aliphatic carbocycles. The third-order valence-corrected chi connectivity index (χ3v) is 3.87. The lowest BCUT2D eigenvalue weighted by atomic mass is 9.89. The van der Waals surface area contributed by atoms with Crippen molar-refractivity contribution < 1.29 is 4.74 Å². The average molecular weight is 239 g/mol. The molecule has 17 heavy (non-hydrogen) atoms. The molecule has 2 unspecified atom stereocenters. The number of nitrogens with one attached hydrogen (secondary N) is 1. The van der Waals surface area contributed by atoms with Gasteiger partial charge in [-0.3, -0.25) is 0 Å². The van der Waals surface area contributed by atoms with Crippen molar-refractivity contribution in [3.05, 3.63) is 12.7 Å². The van der Waals surface area contributed by atoms with Gasteiger partial charge in [-0.15, -0.1) is 6.58 Å². The first-order valence-corrected chi connectivity index (χ1v) is 7.16. The molecule has 1 saturated carbocycles. The van der Waals surface area contributed by atoms with E-state index in [4.69, 9.17) is 4.74 Å². The molecule has 2 nitrogen and oxygen atoms in total. The number of hydrogen-bond acceptors (Lipinski definition) is 2. The fourth-order valence-electron chi connectivity index (χ4n) is 2.70. The van der Waals surface area contributed by atoms with E-state index in [2.05, 4.69) is 25.7 Å². The van der Waals surface area contributed by atoms with Gasteiger partial charge in [0.15, 0.2) is 0 Å². The fourth-order valence-corrected chi connectivity index (χ4v) is 2.70. The minimum absolute atomic E-state index is 0.668. The quantitative estimate of drug-likeness (QED) is 0.418. The topological polar surface area (TPSA) is 21.3 Å². The first-order valence-electron chi connectivity index (χ1n) is 7.16. The van der Waals surface area contributed by atoms with E-state index in [1.807, 2.05) is 0 Å². The molecule has 0 aromatic rings. The van der Waals surface area contributed by atoms with Crippen LogP contribution in [-0.2, 0) is 4.74 Å². The number of rotatable bonds is 7. The standard InChI is InChI=1S/C15H29NO/c1-4-11-17-12-10-16-15-7-5-6-14(8-9-15)13(2)3/h4,13-16H,1,5-12H2,2-3H3. The van der Waals surface area contributed by atoms with Crippen LogP contribution in [0.5, 0.6) is 0 Å². The Balaban J connectivity index is 2.11. The molecular weight excluding hydrogens is 210 g/mol. The summed E-state index contributed by atoms with van der Waals surface area (Å²) < 4.78 is 5.38. The van der Waals surface area contributed by atoms with Crippen LogP contribution in [0.3, 0.4) is 0 Å². The van der Waals surface area contributed by atoms with E-state index in [1.165, 1.54) is 32.1 Å². The second-order valence-electron chi connectivity index (χ2n) is 5.53. The van der Waals surface area contributed by atoms with E-state index in [0.29, 0.717) is 12.6 Å². The van der Waals surface area contributed by atoms with Crippen LogP contribution in [0.2, 0.25) is 0 Å². The van der Waals surface area contributed by atoms with Crippen molar-refractivity contribution in [1.82, 2.24) is 5.32 Å². The van der Waals surface area contributed by atoms with Crippen molar-refractivity contribution in [2.45, 2.75) is 52.0 Å². The van der Waals surface area contributed by atoms with Crippen molar-refractivity contribution in [3.8, 4) is 0 Å². The second kappa shape index (κ2) is 8.71. The molecule has 0 bridgehead atoms. The van der Waals surface area contributed by atoms with Gasteiger partial charge < -0.3 is 10.1 Å².